The van der Waals surface area contributed by atoms with Crippen molar-refractivity contribution in [2.75, 3.05) is 32.8 Å². The van der Waals surface area contributed by atoms with Gasteiger partial charge in [0.15, 0.2) is 6.61 Å². The fourth-order valence-corrected chi connectivity index (χ4v) is 4.73. The van der Waals surface area contributed by atoms with Gasteiger partial charge in [0.05, 0.1) is 4.90 Å². The van der Waals surface area contributed by atoms with Crippen molar-refractivity contribution in [3.63, 3.8) is 0 Å². The molecule has 0 N–H and O–H groups in total. The minimum Gasteiger partial charge on any atom is -0.484 e. The molecule has 2 aromatic carbocycles. The number of ether oxygens (including phenoxy) is 1. The Hall–Kier alpha value is -3.17. The van der Waals surface area contributed by atoms with Gasteiger partial charge in [-0.2, -0.15) is 4.31 Å². The van der Waals surface area contributed by atoms with E-state index in [-0.39, 0.29) is 30.5 Å². The van der Waals surface area contributed by atoms with Gasteiger partial charge in [-0.25, -0.2) is 13.2 Å². The molecular weight excluding hydrogens is 408 g/mol. The van der Waals surface area contributed by atoms with E-state index in [1.807, 2.05) is 0 Å². The Morgan fingerprint density at radius 1 is 0.967 bits per heavy atom. The van der Waals surface area contributed by atoms with E-state index in [0.717, 1.165) is 5.39 Å². The molecule has 2 heterocycles. The van der Waals surface area contributed by atoms with Crippen molar-refractivity contribution in [1.29, 1.82) is 0 Å². The summed E-state index contributed by atoms with van der Waals surface area (Å²) in [5.74, 6) is 0.178. The van der Waals surface area contributed by atoms with Crippen molar-refractivity contribution >= 4 is 26.9 Å². The van der Waals surface area contributed by atoms with Gasteiger partial charge in [-0.05, 0) is 30.3 Å². The molecule has 3 aromatic rings. The minimum absolute atomic E-state index is 0.187. The monoisotopic (exact) mass is 428 g/mol. The highest BCUT2D eigenvalue weighted by Gasteiger charge is 2.30. The first-order valence-corrected chi connectivity index (χ1v) is 10.9. The molecular formula is C21H20N2O6S. The normalized spacial score (nSPS) is 15.3. The van der Waals surface area contributed by atoms with E-state index in [0.29, 0.717) is 24.4 Å². The van der Waals surface area contributed by atoms with E-state index in [2.05, 4.69) is 0 Å². The summed E-state index contributed by atoms with van der Waals surface area (Å²) in [6.45, 7) is 0.851. The summed E-state index contributed by atoms with van der Waals surface area (Å²) in [6, 6.07) is 16.2. The molecule has 0 aliphatic carbocycles. The third-order valence-electron chi connectivity index (χ3n) is 4.93. The van der Waals surface area contributed by atoms with Crippen LogP contribution in [0.3, 0.4) is 0 Å². The minimum atomic E-state index is -3.56. The molecule has 0 saturated carbocycles. The quantitative estimate of drug-likeness (QED) is 0.574. The van der Waals surface area contributed by atoms with Crippen LogP contribution in [-0.4, -0.2) is 56.3 Å². The third-order valence-corrected chi connectivity index (χ3v) is 6.84. The fourth-order valence-electron chi connectivity index (χ4n) is 3.29. The van der Waals surface area contributed by atoms with Crippen molar-refractivity contribution in [1.82, 2.24) is 9.21 Å². The molecule has 1 fully saturated rings. The lowest BCUT2D eigenvalue weighted by molar-refractivity contribution is -0.134. The Bertz CT molecular complexity index is 1210. The van der Waals surface area contributed by atoms with Crippen molar-refractivity contribution in [2.24, 2.45) is 0 Å². The molecule has 1 aliphatic heterocycles. The van der Waals surface area contributed by atoms with Gasteiger partial charge in [0.2, 0.25) is 10.0 Å². The van der Waals surface area contributed by atoms with E-state index in [1.54, 1.807) is 59.5 Å². The number of piperazine rings is 1. The van der Waals surface area contributed by atoms with Crippen molar-refractivity contribution in [3.05, 3.63) is 71.1 Å². The molecule has 0 atom stereocenters. The first-order valence-electron chi connectivity index (χ1n) is 9.43. The standard InChI is InChI=1S/C21H20N2O6S/c24-20(15-28-17-8-6-16-7-9-21(25)29-19(16)14-17)22-10-12-23(13-11-22)30(26,27)18-4-2-1-3-5-18/h1-9,14H,10-13,15H2. The molecule has 0 radical (unpaired) electrons. The maximum atomic E-state index is 12.7. The zero-order chi connectivity index (χ0) is 21.1. The van der Waals surface area contributed by atoms with Gasteiger partial charge in [-0.15, -0.1) is 0 Å². The molecule has 4 rings (SSSR count). The predicted molar refractivity (Wildman–Crippen MR) is 110 cm³/mol. The Morgan fingerprint density at radius 2 is 1.67 bits per heavy atom. The Balaban J connectivity index is 1.34. The molecule has 0 bridgehead atoms. The topological polar surface area (TPSA) is 97.1 Å². The number of fused-ring (bicyclic) bond motifs is 1. The second-order valence-corrected chi connectivity index (χ2v) is 8.78. The average molecular weight is 428 g/mol. The molecule has 8 nitrogen and oxygen atoms in total. The second-order valence-electron chi connectivity index (χ2n) is 6.84. The Labute approximate surface area is 173 Å². The highest BCUT2D eigenvalue weighted by molar-refractivity contribution is 7.89. The second kappa shape index (κ2) is 8.29. The molecule has 1 saturated heterocycles. The summed E-state index contributed by atoms with van der Waals surface area (Å²) in [7, 11) is -3.56. The number of amides is 1. The lowest BCUT2D eigenvalue weighted by atomic mass is 10.2. The maximum absolute atomic E-state index is 12.7. The number of hydrogen-bond donors (Lipinski definition) is 0. The smallest absolute Gasteiger partial charge is 0.336 e. The van der Waals surface area contributed by atoms with Crippen LogP contribution in [0.1, 0.15) is 0 Å². The van der Waals surface area contributed by atoms with Crippen LogP contribution in [0.25, 0.3) is 11.0 Å². The van der Waals surface area contributed by atoms with Gasteiger partial charge < -0.3 is 14.1 Å². The van der Waals surface area contributed by atoms with Crippen molar-refractivity contribution < 1.29 is 22.4 Å². The molecule has 0 spiro atoms. The van der Waals surface area contributed by atoms with Gasteiger partial charge in [0.25, 0.3) is 5.91 Å². The van der Waals surface area contributed by atoms with Gasteiger partial charge in [0, 0.05) is 43.7 Å². The molecule has 1 aromatic heterocycles. The SMILES string of the molecule is O=C(COc1ccc2ccc(=O)oc2c1)N1CCN(S(=O)(=O)c2ccccc2)CC1. The summed E-state index contributed by atoms with van der Waals surface area (Å²) in [6.07, 6.45) is 0. The summed E-state index contributed by atoms with van der Waals surface area (Å²) in [4.78, 5) is 25.6. The van der Waals surface area contributed by atoms with Crippen molar-refractivity contribution in [3.8, 4) is 5.75 Å². The van der Waals surface area contributed by atoms with Crippen LogP contribution in [0.5, 0.6) is 5.75 Å². The molecule has 1 amide bonds. The first-order chi connectivity index (χ1) is 14.4. The predicted octanol–water partition coefficient (Wildman–Crippen LogP) is 1.70. The van der Waals surface area contributed by atoms with E-state index in [1.165, 1.54) is 10.4 Å². The number of nitrogens with zero attached hydrogens (tertiary/aromatic N) is 2. The summed E-state index contributed by atoms with van der Waals surface area (Å²) in [5.41, 5.74) is -0.0776. The van der Waals surface area contributed by atoms with E-state index in [4.69, 9.17) is 9.15 Å². The number of hydrogen-bond acceptors (Lipinski definition) is 6. The average Bonchev–Trinajstić information content (AvgIpc) is 2.77. The lowest BCUT2D eigenvalue weighted by Crippen LogP contribution is -2.51. The first kappa shape index (κ1) is 20.1. The van der Waals surface area contributed by atoms with E-state index >= 15 is 0 Å². The fraction of sp³-hybridized carbons (Fsp3) is 0.238. The Kier molecular flexibility index (Phi) is 5.56. The third kappa shape index (κ3) is 4.22. The molecule has 30 heavy (non-hydrogen) atoms. The molecule has 156 valence electrons. The summed E-state index contributed by atoms with van der Waals surface area (Å²) in [5, 5.41) is 0.754. The van der Waals surface area contributed by atoms with E-state index < -0.39 is 15.6 Å². The van der Waals surface area contributed by atoms with Crippen LogP contribution >= 0.6 is 0 Å². The van der Waals surface area contributed by atoms with Gasteiger partial charge in [0.1, 0.15) is 11.3 Å². The lowest BCUT2D eigenvalue weighted by Gasteiger charge is -2.33. The summed E-state index contributed by atoms with van der Waals surface area (Å²) >= 11 is 0. The van der Waals surface area contributed by atoms with Crippen LogP contribution < -0.4 is 10.4 Å². The zero-order valence-electron chi connectivity index (χ0n) is 16.1. The van der Waals surface area contributed by atoms with Crippen molar-refractivity contribution in [2.45, 2.75) is 4.90 Å². The van der Waals surface area contributed by atoms with Gasteiger partial charge in [-0.1, -0.05) is 18.2 Å². The van der Waals surface area contributed by atoms with Crippen LogP contribution in [0.15, 0.2) is 74.8 Å². The number of rotatable bonds is 5. The largest absolute Gasteiger partial charge is 0.484 e. The van der Waals surface area contributed by atoms with Crippen LogP contribution in [0.4, 0.5) is 0 Å². The number of benzene rings is 2. The number of sulfonamides is 1. The maximum Gasteiger partial charge on any atom is 0.336 e. The summed E-state index contributed by atoms with van der Waals surface area (Å²) < 4.78 is 37.4. The van der Waals surface area contributed by atoms with E-state index in [9.17, 15) is 18.0 Å². The zero-order valence-corrected chi connectivity index (χ0v) is 16.9. The van der Waals surface area contributed by atoms with Crippen LogP contribution in [0, 0.1) is 0 Å². The van der Waals surface area contributed by atoms with Crippen LogP contribution in [-0.2, 0) is 14.8 Å². The molecule has 9 heteroatoms. The highest BCUT2D eigenvalue weighted by atomic mass is 32.2. The van der Waals surface area contributed by atoms with Gasteiger partial charge >= 0.3 is 5.63 Å². The number of carbonyl (C=O) groups excluding carboxylic acids is 1. The van der Waals surface area contributed by atoms with Gasteiger partial charge in [-0.3, -0.25) is 4.79 Å². The molecule has 1 aliphatic rings. The number of carbonyl (C=O) groups is 1. The Morgan fingerprint density at radius 3 is 2.40 bits per heavy atom. The van der Waals surface area contributed by atoms with Crippen LogP contribution in [0.2, 0.25) is 0 Å². The molecule has 0 unspecified atom stereocenters. The highest BCUT2D eigenvalue weighted by Crippen LogP contribution is 2.20.